The Morgan fingerprint density at radius 1 is 1.18 bits per heavy atom. The van der Waals surface area contributed by atoms with Crippen molar-refractivity contribution >= 4 is 34.8 Å². The average Bonchev–Trinajstić information content (AvgIpc) is 3.44. The van der Waals surface area contributed by atoms with Crippen LogP contribution in [0.2, 0.25) is 5.02 Å². The van der Waals surface area contributed by atoms with Gasteiger partial charge in [-0.05, 0) is 42.7 Å². The third-order valence-electron chi connectivity index (χ3n) is 5.24. The number of aromatic nitrogens is 2. The predicted molar refractivity (Wildman–Crippen MR) is 119 cm³/mol. The van der Waals surface area contributed by atoms with Crippen LogP contribution >= 0.6 is 22.9 Å². The van der Waals surface area contributed by atoms with E-state index in [0.717, 1.165) is 5.56 Å². The largest absolute Gasteiger partial charge is 0.471 e. The number of pyridine rings is 1. The number of nitrogens with zero attached hydrogens (tertiary/aromatic N) is 3. The van der Waals surface area contributed by atoms with Gasteiger partial charge in [-0.25, -0.2) is 4.98 Å². The molecule has 0 saturated carbocycles. The molecule has 3 aromatic rings. The molecule has 4 rings (SSSR count). The molecular formula is C22H18ClF3N4O2S. The summed E-state index contributed by atoms with van der Waals surface area (Å²) in [7, 11) is 0. The van der Waals surface area contributed by atoms with Gasteiger partial charge in [0.05, 0.1) is 4.88 Å². The Morgan fingerprint density at radius 2 is 1.94 bits per heavy atom. The summed E-state index contributed by atoms with van der Waals surface area (Å²) in [5.41, 5.74) is 1.70. The monoisotopic (exact) mass is 494 g/mol. The highest BCUT2D eigenvalue weighted by Crippen LogP contribution is 2.37. The first-order valence-electron chi connectivity index (χ1n) is 10.1. The summed E-state index contributed by atoms with van der Waals surface area (Å²) in [6.07, 6.45) is -0.625. The molecule has 1 aliphatic heterocycles. The minimum atomic E-state index is -4.97. The van der Waals surface area contributed by atoms with Crippen LogP contribution < -0.4 is 5.32 Å². The van der Waals surface area contributed by atoms with Gasteiger partial charge in [0.2, 0.25) is 0 Å². The molecule has 2 amide bonds. The Labute approximate surface area is 196 Å². The van der Waals surface area contributed by atoms with Crippen LogP contribution in [0.5, 0.6) is 0 Å². The number of hydrogen-bond donors (Lipinski definition) is 1. The van der Waals surface area contributed by atoms with Crippen molar-refractivity contribution in [3.63, 3.8) is 0 Å². The van der Waals surface area contributed by atoms with E-state index in [9.17, 15) is 22.8 Å². The molecule has 1 N–H and O–H groups in total. The third kappa shape index (κ3) is 5.17. The second-order valence-electron chi connectivity index (χ2n) is 7.45. The maximum atomic E-state index is 13.5. The minimum Gasteiger partial charge on any atom is -0.346 e. The molecule has 33 heavy (non-hydrogen) atoms. The summed E-state index contributed by atoms with van der Waals surface area (Å²) in [5.74, 6) is -2.42. The number of thiazole rings is 1. The van der Waals surface area contributed by atoms with Crippen molar-refractivity contribution < 1.29 is 22.8 Å². The van der Waals surface area contributed by atoms with E-state index in [-0.39, 0.29) is 12.2 Å². The molecule has 0 aliphatic carbocycles. The zero-order chi connectivity index (χ0) is 23.6. The van der Waals surface area contributed by atoms with Gasteiger partial charge in [0, 0.05) is 42.1 Å². The second kappa shape index (κ2) is 9.48. The Kier molecular flexibility index (Phi) is 6.66. The molecule has 2 aromatic heterocycles. The summed E-state index contributed by atoms with van der Waals surface area (Å²) in [5, 5.41) is 2.99. The van der Waals surface area contributed by atoms with E-state index in [1.54, 1.807) is 42.7 Å². The standard InChI is InChI=1S/C22H18ClF3N4O2S/c23-15-4-1-3-14(11-15)18-17(29-19(33-18)13-6-8-27-9-7-13)20(31)30-10-2-5-16(30)12-28-21(32)22(24,25)26/h1,3-4,6-9,11,16H,2,5,10,12H2,(H,28,32)/t16-/m0/s1. The number of carbonyl (C=O) groups excluding carboxylic acids is 2. The van der Waals surface area contributed by atoms with Gasteiger partial charge in [0.1, 0.15) is 10.7 Å². The molecule has 0 unspecified atom stereocenters. The Bertz CT molecular complexity index is 1170. The lowest BCUT2D eigenvalue weighted by atomic mass is 10.1. The van der Waals surface area contributed by atoms with E-state index < -0.39 is 24.0 Å². The molecule has 6 nitrogen and oxygen atoms in total. The Hall–Kier alpha value is -2.98. The maximum absolute atomic E-state index is 13.5. The molecule has 1 atom stereocenters. The van der Waals surface area contributed by atoms with Crippen LogP contribution in [0.1, 0.15) is 23.3 Å². The van der Waals surface area contributed by atoms with Crippen LogP contribution in [-0.2, 0) is 4.79 Å². The molecule has 1 aliphatic rings. The number of hydrogen-bond acceptors (Lipinski definition) is 5. The quantitative estimate of drug-likeness (QED) is 0.552. The van der Waals surface area contributed by atoms with E-state index in [4.69, 9.17) is 11.6 Å². The number of alkyl halides is 3. The second-order valence-corrected chi connectivity index (χ2v) is 8.88. The van der Waals surface area contributed by atoms with Crippen LogP contribution in [0.15, 0.2) is 48.8 Å². The molecule has 1 fully saturated rings. The molecule has 0 bridgehead atoms. The van der Waals surface area contributed by atoms with Crippen molar-refractivity contribution in [3.8, 4) is 21.0 Å². The fourth-order valence-corrected chi connectivity index (χ4v) is 4.92. The average molecular weight is 495 g/mol. The zero-order valence-corrected chi connectivity index (χ0v) is 18.7. The van der Waals surface area contributed by atoms with E-state index in [1.807, 2.05) is 11.4 Å². The van der Waals surface area contributed by atoms with Gasteiger partial charge >= 0.3 is 12.1 Å². The maximum Gasteiger partial charge on any atom is 0.471 e. The fourth-order valence-electron chi connectivity index (χ4n) is 3.67. The number of benzene rings is 1. The first-order chi connectivity index (χ1) is 15.7. The molecular weight excluding hydrogens is 477 g/mol. The normalized spacial score (nSPS) is 16.1. The van der Waals surface area contributed by atoms with Crippen LogP contribution in [-0.4, -0.2) is 52.0 Å². The number of carbonyl (C=O) groups is 2. The van der Waals surface area contributed by atoms with Crippen LogP contribution in [0, 0.1) is 0 Å². The third-order valence-corrected chi connectivity index (χ3v) is 6.63. The SMILES string of the molecule is O=C(c1nc(-c2ccncc2)sc1-c1cccc(Cl)c1)N1CCC[C@H]1CNC(=O)C(F)(F)F. The van der Waals surface area contributed by atoms with E-state index in [1.165, 1.54) is 16.2 Å². The van der Waals surface area contributed by atoms with Gasteiger partial charge in [-0.1, -0.05) is 23.7 Å². The summed E-state index contributed by atoms with van der Waals surface area (Å²) in [4.78, 5) is 35.4. The molecule has 1 saturated heterocycles. The van der Waals surface area contributed by atoms with E-state index in [0.29, 0.717) is 39.9 Å². The number of halogens is 4. The van der Waals surface area contributed by atoms with Crippen molar-refractivity contribution in [2.45, 2.75) is 25.1 Å². The summed E-state index contributed by atoms with van der Waals surface area (Å²) in [6, 6.07) is 10.0. The van der Waals surface area contributed by atoms with Gasteiger partial charge in [-0.3, -0.25) is 14.6 Å². The highest BCUT2D eigenvalue weighted by molar-refractivity contribution is 7.18. The lowest BCUT2D eigenvalue weighted by molar-refractivity contribution is -0.173. The zero-order valence-electron chi connectivity index (χ0n) is 17.1. The molecule has 0 radical (unpaired) electrons. The number of likely N-dealkylation sites (tertiary alicyclic amines) is 1. The van der Waals surface area contributed by atoms with E-state index >= 15 is 0 Å². The van der Waals surface area contributed by atoms with Gasteiger partial charge in [-0.15, -0.1) is 11.3 Å². The van der Waals surface area contributed by atoms with Gasteiger partial charge in [-0.2, -0.15) is 13.2 Å². The van der Waals surface area contributed by atoms with Crippen molar-refractivity contribution in [2.75, 3.05) is 13.1 Å². The first-order valence-corrected chi connectivity index (χ1v) is 11.3. The summed E-state index contributed by atoms with van der Waals surface area (Å²) < 4.78 is 37.7. The lowest BCUT2D eigenvalue weighted by Gasteiger charge is -2.25. The lowest BCUT2D eigenvalue weighted by Crippen LogP contribution is -2.46. The summed E-state index contributed by atoms with van der Waals surface area (Å²) >= 11 is 7.48. The molecule has 1 aromatic carbocycles. The Morgan fingerprint density at radius 3 is 2.64 bits per heavy atom. The number of nitrogens with one attached hydrogen (secondary N) is 1. The number of rotatable bonds is 5. The van der Waals surface area contributed by atoms with Crippen LogP contribution in [0.4, 0.5) is 13.2 Å². The number of amides is 2. The highest BCUT2D eigenvalue weighted by Gasteiger charge is 2.40. The smallest absolute Gasteiger partial charge is 0.346 e. The first kappa shape index (κ1) is 23.2. The highest BCUT2D eigenvalue weighted by atomic mass is 35.5. The van der Waals surface area contributed by atoms with Crippen LogP contribution in [0.25, 0.3) is 21.0 Å². The molecule has 172 valence electrons. The van der Waals surface area contributed by atoms with Crippen LogP contribution in [0.3, 0.4) is 0 Å². The van der Waals surface area contributed by atoms with E-state index in [2.05, 4.69) is 9.97 Å². The van der Waals surface area contributed by atoms with Crippen molar-refractivity contribution in [1.29, 1.82) is 0 Å². The van der Waals surface area contributed by atoms with Crippen molar-refractivity contribution in [1.82, 2.24) is 20.2 Å². The van der Waals surface area contributed by atoms with Gasteiger partial charge in [0.25, 0.3) is 5.91 Å². The van der Waals surface area contributed by atoms with Gasteiger partial charge < -0.3 is 10.2 Å². The predicted octanol–water partition coefficient (Wildman–Crippen LogP) is 4.81. The fraction of sp³-hybridized carbons (Fsp3) is 0.273. The van der Waals surface area contributed by atoms with Gasteiger partial charge in [0.15, 0.2) is 0 Å². The summed E-state index contributed by atoms with van der Waals surface area (Å²) in [6.45, 7) is 0.0838. The van der Waals surface area contributed by atoms with Crippen molar-refractivity contribution in [3.05, 3.63) is 59.5 Å². The molecule has 11 heteroatoms. The topological polar surface area (TPSA) is 75.2 Å². The minimum absolute atomic E-state index is 0.197. The van der Waals surface area contributed by atoms with Crippen molar-refractivity contribution in [2.24, 2.45) is 0 Å². The molecule has 0 spiro atoms. The molecule has 3 heterocycles. The Balaban J connectivity index is 1.66.